The van der Waals surface area contributed by atoms with Crippen molar-refractivity contribution in [2.45, 2.75) is 52.4 Å². The number of hydrogen-bond acceptors (Lipinski definition) is 2. The van der Waals surface area contributed by atoms with Crippen LogP contribution in [0.15, 0.2) is 212 Å². The van der Waals surface area contributed by atoms with Gasteiger partial charge in [-0.2, -0.15) is 0 Å². The Bertz CT molecular complexity index is 4380. The molecule has 13 aromatic rings. The molecule has 1 aliphatic heterocycles. The van der Waals surface area contributed by atoms with Crippen molar-refractivity contribution >= 4 is 54.6 Å². The van der Waals surface area contributed by atoms with E-state index < -0.39 is 0 Å². The highest BCUT2D eigenvalue weighted by Crippen LogP contribution is 2.47. The first-order valence-corrected chi connectivity index (χ1v) is 25.6. The van der Waals surface area contributed by atoms with Crippen molar-refractivity contribution in [2.24, 2.45) is 0 Å². The molecule has 0 spiro atoms. The van der Waals surface area contributed by atoms with Crippen LogP contribution in [-0.4, -0.2) is 18.7 Å². The van der Waals surface area contributed by atoms with Gasteiger partial charge in [0.25, 0.3) is 6.33 Å². The second-order valence-corrected chi connectivity index (χ2v) is 21.8. The SMILES string of the molecule is CC(C)(C)c1ccnc(-n2c3ccccc3c3ccc(Oc4cccc(-n5[c-][n+]6c7c(cccc75)-c5ccccc5-c5ccccc5-c5cc(C(C)(C)C)cc(-n7c8ccccc8c8ccccc87)c5-6)c4)cc32)c1. The summed E-state index contributed by atoms with van der Waals surface area (Å²) >= 11 is 0. The first kappa shape index (κ1) is 43.8. The molecule has 0 saturated heterocycles. The minimum absolute atomic E-state index is 0.0295. The summed E-state index contributed by atoms with van der Waals surface area (Å²) < 4.78 is 16.2. The highest BCUT2D eigenvalue weighted by molar-refractivity contribution is 6.11. The maximum atomic E-state index is 6.92. The lowest BCUT2D eigenvalue weighted by Crippen LogP contribution is -2.33. The van der Waals surface area contributed by atoms with Gasteiger partial charge in [-0.1, -0.05) is 175 Å². The Labute approximate surface area is 430 Å². The van der Waals surface area contributed by atoms with Gasteiger partial charge in [0.2, 0.25) is 0 Å². The van der Waals surface area contributed by atoms with E-state index in [4.69, 9.17) is 9.72 Å². The molecule has 0 amide bonds. The van der Waals surface area contributed by atoms with Gasteiger partial charge in [0, 0.05) is 33.8 Å². The highest BCUT2D eigenvalue weighted by Gasteiger charge is 2.30. The van der Waals surface area contributed by atoms with Crippen LogP contribution in [0.2, 0.25) is 0 Å². The van der Waals surface area contributed by atoms with Crippen molar-refractivity contribution in [3.05, 3.63) is 230 Å². The first-order valence-electron chi connectivity index (χ1n) is 25.6. The molecule has 0 aliphatic carbocycles. The van der Waals surface area contributed by atoms with Crippen LogP contribution < -0.4 is 9.30 Å². The molecule has 0 bridgehead atoms. The number of benzene rings is 9. The molecule has 9 aromatic carbocycles. The predicted molar refractivity (Wildman–Crippen MR) is 304 cm³/mol. The smallest absolute Gasteiger partial charge is 0.269 e. The molecule has 0 fully saturated rings. The lowest BCUT2D eigenvalue weighted by atomic mass is 9.83. The molecule has 356 valence electrons. The molecule has 0 N–H and O–H groups in total. The number of hydrogen-bond donors (Lipinski definition) is 0. The third kappa shape index (κ3) is 6.78. The van der Waals surface area contributed by atoms with Crippen LogP contribution in [0.5, 0.6) is 11.5 Å². The molecular formula is C68H53N5O. The van der Waals surface area contributed by atoms with Gasteiger partial charge < -0.3 is 9.30 Å². The molecule has 0 atom stereocenters. The quantitative estimate of drug-likeness (QED) is 0.127. The zero-order valence-corrected chi connectivity index (χ0v) is 42.4. The summed E-state index contributed by atoms with van der Waals surface area (Å²) in [7, 11) is 0. The second-order valence-electron chi connectivity index (χ2n) is 21.8. The summed E-state index contributed by atoms with van der Waals surface area (Å²) in [5.41, 5.74) is 18.9. The van der Waals surface area contributed by atoms with Gasteiger partial charge in [-0.25, -0.2) is 4.98 Å². The number of fused-ring (bicyclic) bond motifs is 13. The van der Waals surface area contributed by atoms with Crippen LogP contribution in [-0.2, 0) is 10.8 Å². The van der Waals surface area contributed by atoms with Crippen LogP contribution >= 0.6 is 0 Å². The van der Waals surface area contributed by atoms with Gasteiger partial charge in [0.15, 0.2) is 0 Å². The summed E-state index contributed by atoms with van der Waals surface area (Å²) in [6.45, 7) is 13.7. The summed E-state index contributed by atoms with van der Waals surface area (Å²) in [5.74, 6) is 2.34. The zero-order chi connectivity index (χ0) is 50.0. The maximum Gasteiger partial charge on any atom is 0.269 e. The number of aromatic nitrogens is 5. The molecule has 0 radical (unpaired) electrons. The summed E-state index contributed by atoms with van der Waals surface area (Å²) in [4.78, 5) is 4.93. The molecule has 1 aliphatic rings. The van der Waals surface area contributed by atoms with E-state index in [1.807, 2.05) is 12.3 Å². The maximum absolute atomic E-state index is 6.92. The monoisotopic (exact) mass is 955 g/mol. The molecule has 6 heteroatoms. The van der Waals surface area contributed by atoms with Crippen LogP contribution in [0.25, 0.3) is 111 Å². The standard InChI is InChI=1S/C68H53N5O/c1-67(2,3)43-35-36-69-64(39-43)73-60-31-16-13-27-54(60)55-34-33-47(41-62(55)73)74-46-20-17-19-45(40-46)70-42-71-65-56(28-18-32-61(65)70)50-23-9-7-21-48(50)49-22-8-10-24-51(49)57-37-44(68(4,5)6)38-63(66(57)71)72-58-29-14-11-25-52(58)53-26-12-15-30-59(53)72/h7-41H,1-6H3. The van der Waals surface area contributed by atoms with E-state index in [0.717, 1.165) is 89.6 Å². The zero-order valence-electron chi connectivity index (χ0n) is 42.4. The van der Waals surface area contributed by atoms with Crippen molar-refractivity contribution in [1.29, 1.82) is 0 Å². The minimum Gasteiger partial charge on any atom is -0.458 e. The molecule has 5 heterocycles. The van der Waals surface area contributed by atoms with E-state index in [2.05, 4.69) is 266 Å². The van der Waals surface area contributed by atoms with Crippen LogP contribution in [0.1, 0.15) is 52.7 Å². The average molecular weight is 956 g/mol. The third-order valence-corrected chi connectivity index (χ3v) is 15.2. The predicted octanol–water partition coefficient (Wildman–Crippen LogP) is 17.0. The summed E-state index contributed by atoms with van der Waals surface area (Å²) in [6, 6.07) is 74.7. The number of ether oxygens (including phenoxy) is 1. The van der Waals surface area contributed by atoms with Crippen LogP contribution in [0, 0.1) is 6.33 Å². The fraction of sp³-hybridized carbons (Fsp3) is 0.118. The number of rotatable bonds is 5. The third-order valence-electron chi connectivity index (χ3n) is 15.2. The molecular weight excluding hydrogens is 903 g/mol. The molecule has 4 aromatic heterocycles. The van der Waals surface area contributed by atoms with Crippen molar-refractivity contribution in [3.63, 3.8) is 0 Å². The normalized spacial score (nSPS) is 12.5. The second kappa shape index (κ2) is 16.3. The summed E-state index contributed by atoms with van der Waals surface area (Å²) in [6.07, 6.45) is 5.97. The van der Waals surface area contributed by atoms with Gasteiger partial charge >= 0.3 is 0 Å². The molecule has 0 unspecified atom stereocenters. The Morgan fingerprint density at radius 3 is 1.59 bits per heavy atom. The van der Waals surface area contributed by atoms with E-state index >= 15 is 0 Å². The van der Waals surface area contributed by atoms with Crippen molar-refractivity contribution in [3.8, 4) is 67.8 Å². The number of imidazole rings is 1. The Hall–Kier alpha value is -9.00. The number of para-hydroxylation sites is 4. The lowest BCUT2D eigenvalue weighted by Gasteiger charge is -2.26. The number of pyridine rings is 1. The van der Waals surface area contributed by atoms with Crippen molar-refractivity contribution in [2.75, 3.05) is 0 Å². The van der Waals surface area contributed by atoms with Gasteiger partial charge in [-0.05, 0) is 122 Å². The molecule has 14 rings (SSSR count). The van der Waals surface area contributed by atoms with Crippen LogP contribution in [0.3, 0.4) is 0 Å². The van der Waals surface area contributed by atoms with Gasteiger partial charge in [0.05, 0.1) is 50.2 Å². The number of nitrogens with zero attached hydrogens (tertiary/aromatic N) is 5. The lowest BCUT2D eigenvalue weighted by molar-refractivity contribution is -0.571. The fourth-order valence-corrected chi connectivity index (χ4v) is 11.6. The first-order chi connectivity index (χ1) is 36.0. The van der Waals surface area contributed by atoms with E-state index in [0.29, 0.717) is 0 Å². The Balaban J connectivity index is 1.00. The average Bonchev–Trinajstić information content (AvgIpc) is 4.08. The Morgan fingerprint density at radius 2 is 0.946 bits per heavy atom. The Morgan fingerprint density at radius 1 is 0.419 bits per heavy atom. The fourth-order valence-electron chi connectivity index (χ4n) is 11.6. The topological polar surface area (TPSA) is 40.8 Å². The van der Waals surface area contributed by atoms with E-state index in [-0.39, 0.29) is 10.8 Å². The highest BCUT2D eigenvalue weighted by atomic mass is 16.5. The molecule has 6 nitrogen and oxygen atoms in total. The largest absolute Gasteiger partial charge is 0.458 e. The summed E-state index contributed by atoms with van der Waals surface area (Å²) in [5, 5.41) is 4.75. The minimum atomic E-state index is -0.170. The van der Waals surface area contributed by atoms with Gasteiger partial charge in [-0.3, -0.25) is 13.7 Å². The van der Waals surface area contributed by atoms with Gasteiger partial charge in [-0.15, -0.1) is 0 Å². The van der Waals surface area contributed by atoms with E-state index in [1.54, 1.807) is 0 Å². The molecule has 0 saturated carbocycles. The molecule has 74 heavy (non-hydrogen) atoms. The Kier molecular flexibility index (Phi) is 9.61. The van der Waals surface area contributed by atoms with E-state index in [9.17, 15) is 0 Å². The van der Waals surface area contributed by atoms with Crippen LogP contribution in [0.4, 0.5) is 0 Å². The van der Waals surface area contributed by atoms with Crippen molar-refractivity contribution in [1.82, 2.24) is 18.7 Å². The van der Waals surface area contributed by atoms with Gasteiger partial charge in [0.1, 0.15) is 17.3 Å². The van der Waals surface area contributed by atoms with Crippen molar-refractivity contribution < 1.29 is 9.30 Å². The van der Waals surface area contributed by atoms with E-state index in [1.165, 1.54) is 44.0 Å².